The van der Waals surface area contributed by atoms with Gasteiger partial charge < -0.3 is 5.32 Å². The van der Waals surface area contributed by atoms with Crippen LogP contribution in [-0.2, 0) is 10.0 Å². The van der Waals surface area contributed by atoms with E-state index in [1.165, 1.54) is 11.7 Å². The number of nitrogens with zero attached hydrogens (tertiary/aromatic N) is 4. The van der Waals surface area contributed by atoms with Crippen molar-refractivity contribution in [1.82, 2.24) is 20.0 Å². The Labute approximate surface area is 157 Å². The maximum atomic E-state index is 12.9. The van der Waals surface area contributed by atoms with Crippen molar-refractivity contribution in [2.24, 2.45) is 0 Å². The van der Waals surface area contributed by atoms with Crippen LogP contribution in [0, 0.1) is 6.92 Å². The monoisotopic (exact) mass is 390 g/mol. The fourth-order valence-electron chi connectivity index (χ4n) is 2.68. The van der Waals surface area contributed by atoms with Gasteiger partial charge in [0, 0.05) is 24.2 Å². The molecule has 0 aliphatic rings. The van der Waals surface area contributed by atoms with Gasteiger partial charge >= 0.3 is 0 Å². The Morgan fingerprint density at radius 3 is 2.48 bits per heavy atom. The Morgan fingerprint density at radius 2 is 1.93 bits per heavy atom. The molecule has 27 heavy (non-hydrogen) atoms. The number of hydrogen-bond donors (Lipinski definition) is 2. The molecule has 0 spiro atoms. The number of H-pyrrole nitrogens is 1. The highest BCUT2D eigenvalue weighted by Crippen LogP contribution is 2.27. The fourth-order valence-corrected chi connectivity index (χ4v) is 3.18. The van der Waals surface area contributed by atoms with Gasteiger partial charge in [-0.2, -0.15) is 10.2 Å². The van der Waals surface area contributed by atoms with Crippen LogP contribution in [0.15, 0.2) is 29.1 Å². The first-order valence-corrected chi connectivity index (χ1v) is 10.2. The zero-order chi connectivity index (χ0) is 19.9. The molecule has 1 aromatic carbocycles. The summed E-state index contributed by atoms with van der Waals surface area (Å²) in [6, 6.07) is 6.56. The smallest absolute Gasteiger partial charge is 0.275 e. The molecule has 0 amide bonds. The van der Waals surface area contributed by atoms with Crippen molar-refractivity contribution in [3.8, 4) is 0 Å². The average molecular weight is 390 g/mol. The minimum absolute atomic E-state index is 0.167. The van der Waals surface area contributed by atoms with E-state index in [1.54, 1.807) is 18.2 Å². The summed E-state index contributed by atoms with van der Waals surface area (Å²) in [5.74, 6) is 1.05. The second-order valence-electron chi connectivity index (χ2n) is 6.71. The van der Waals surface area contributed by atoms with E-state index in [0.29, 0.717) is 28.1 Å². The van der Waals surface area contributed by atoms with Gasteiger partial charge in [-0.3, -0.25) is 14.2 Å². The number of sulfonamides is 1. The SMILES string of the molecule is Cc1cc(Nc2nn(C(C)C)c(=O)c3cc(N(C)S(C)(=O)=O)ccc23)n[nH]1. The lowest BCUT2D eigenvalue weighted by molar-refractivity contribution is 0.510. The molecular formula is C17H22N6O3S. The molecular weight excluding hydrogens is 368 g/mol. The topological polar surface area (TPSA) is 113 Å². The molecule has 0 aliphatic carbocycles. The molecule has 2 aromatic heterocycles. The van der Waals surface area contributed by atoms with Gasteiger partial charge in [0.15, 0.2) is 11.6 Å². The molecule has 0 atom stereocenters. The molecule has 3 rings (SSSR count). The first-order chi connectivity index (χ1) is 12.6. The number of anilines is 3. The molecule has 10 heteroatoms. The van der Waals surface area contributed by atoms with E-state index >= 15 is 0 Å². The first-order valence-electron chi connectivity index (χ1n) is 8.37. The minimum atomic E-state index is -3.44. The zero-order valence-electron chi connectivity index (χ0n) is 15.8. The Balaban J connectivity index is 2.23. The molecule has 0 radical (unpaired) electrons. The predicted molar refractivity (Wildman–Crippen MR) is 106 cm³/mol. The molecule has 9 nitrogen and oxygen atoms in total. The third-order valence-electron chi connectivity index (χ3n) is 4.21. The van der Waals surface area contributed by atoms with E-state index in [4.69, 9.17) is 0 Å². The highest BCUT2D eigenvalue weighted by molar-refractivity contribution is 7.92. The van der Waals surface area contributed by atoms with E-state index in [9.17, 15) is 13.2 Å². The van der Waals surface area contributed by atoms with Crippen LogP contribution >= 0.6 is 0 Å². The summed E-state index contributed by atoms with van der Waals surface area (Å²) in [5, 5.41) is 15.5. The molecule has 0 aliphatic heterocycles. The first kappa shape index (κ1) is 18.9. The summed E-state index contributed by atoms with van der Waals surface area (Å²) in [4.78, 5) is 12.9. The molecule has 0 bridgehead atoms. The highest BCUT2D eigenvalue weighted by atomic mass is 32.2. The van der Waals surface area contributed by atoms with Gasteiger partial charge in [0.05, 0.1) is 23.4 Å². The molecule has 0 fully saturated rings. The second kappa shape index (κ2) is 6.69. The van der Waals surface area contributed by atoms with E-state index in [2.05, 4.69) is 20.6 Å². The quantitative estimate of drug-likeness (QED) is 0.690. The van der Waals surface area contributed by atoms with Gasteiger partial charge in [0.25, 0.3) is 5.56 Å². The number of nitrogens with one attached hydrogen (secondary N) is 2. The van der Waals surface area contributed by atoms with Gasteiger partial charge in [-0.25, -0.2) is 13.1 Å². The van der Waals surface area contributed by atoms with E-state index in [-0.39, 0.29) is 11.6 Å². The molecule has 3 aromatic rings. The van der Waals surface area contributed by atoms with Crippen LogP contribution in [-0.4, -0.2) is 41.7 Å². The summed E-state index contributed by atoms with van der Waals surface area (Å²) in [5.41, 5.74) is 1.01. The van der Waals surface area contributed by atoms with Crippen molar-refractivity contribution in [2.45, 2.75) is 26.8 Å². The van der Waals surface area contributed by atoms with Crippen LogP contribution in [0.2, 0.25) is 0 Å². The van der Waals surface area contributed by atoms with Crippen LogP contribution in [0.4, 0.5) is 17.3 Å². The Bertz CT molecular complexity index is 1160. The van der Waals surface area contributed by atoms with Gasteiger partial charge in [0.2, 0.25) is 10.0 Å². The normalized spacial score (nSPS) is 11.9. The third-order valence-corrected chi connectivity index (χ3v) is 5.41. The molecule has 2 N–H and O–H groups in total. The fraction of sp³-hybridized carbons (Fsp3) is 0.353. The van der Waals surface area contributed by atoms with Crippen LogP contribution < -0.4 is 15.2 Å². The Hall–Kier alpha value is -2.88. The predicted octanol–water partition coefficient (Wildman–Crippen LogP) is 2.15. The number of rotatable bonds is 5. The number of hydrogen-bond acceptors (Lipinski definition) is 6. The van der Waals surface area contributed by atoms with Crippen LogP contribution in [0.1, 0.15) is 25.6 Å². The maximum Gasteiger partial charge on any atom is 0.275 e. The summed E-state index contributed by atoms with van der Waals surface area (Å²) in [6.07, 6.45) is 1.11. The molecule has 0 unspecified atom stereocenters. The lowest BCUT2D eigenvalue weighted by Gasteiger charge is -2.18. The van der Waals surface area contributed by atoms with Crippen molar-refractivity contribution in [1.29, 1.82) is 0 Å². The van der Waals surface area contributed by atoms with Crippen LogP contribution in [0.25, 0.3) is 10.8 Å². The van der Waals surface area contributed by atoms with Crippen molar-refractivity contribution < 1.29 is 8.42 Å². The molecule has 0 saturated carbocycles. The lowest BCUT2D eigenvalue weighted by Crippen LogP contribution is -2.27. The molecule has 0 saturated heterocycles. The number of aryl methyl sites for hydroxylation is 1. The summed E-state index contributed by atoms with van der Waals surface area (Å²) >= 11 is 0. The number of benzene rings is 1. The molecule has 2 heterocycles. The minimum Gasteiger partial charge on any atom is -0.321 e. The number of fused-ring (bicyclic) bond motifs is 1. The standard InChI is InChI=1S/C17H22N6O3S/c1-10(2)23-17(24)14-9-12(22(4)27(5,25)26)6-7-13(14)16(21-23)18-15-8-11(3)19-20-15/h6-10H,1-5H3,(H2,18,19,20,21). The summed E-state index contributed by atoms with van der Waals surface area (Å²) in [7, 11) is -1.99. The van der Waals surface area contributed by atoms with Crippen molar-refractivity contribution >= 4 is 38.1 Å². The average Bonchev–Trinajstić information content (AvgIpc) is 3.00. The van der Waals surface area contributed by atoms with E-state index in [0.717, 1.165) is 16.3 Å². The van der Waals surface area contributed by atoms with Gasteiger partial charge in [-0.05, 0) is 39.0 Å². The second-order valence-corrected chi connectivity index (χ2v) is 8.73. The van der Waals surface area contributed by atoms with Gasteiger partial charge in [0.1, 0.15) is 0 Å². The Morgan fingerprint density at radius 1 is 1.22 bits per heavy atom. The van der Waals surface area contributed by atoms with Crippen LogP contribution in [0.5, 0.6) is 0 Å². The molecule has 144 valence electrons. The van der Waals surface area contributed by atoms with Crippen molar-refractivity contribution in [3.63, 3.8) is 0 Å². The van der Waals surface area contributed by atoms with Crippen molar-refractivity contribution in [2.75, 3.05) is 22.9 Å². The van der Waals surface area contributed by atoms with Crippen LogP contribution in [0.3, 0.4) is 0 Å². The number of aromatic amines is 1. The van der Waals surface area contributed by atoms with Gasteiger partial charge in [-0.15, -0.1) is 0 Å². The Kier molecular flexibility index (Phi) is 4.68. The van der Waals surface area contributed by atoms with Crippen molar-refractivity contribution in [3.05, 3.63) is 40.3 Å². The maximum absolute atomic E-state index is 12.9. The summed E-state index contributed by atoms with van der Waals surface area (Å²) in [6.45, 7) is 5.59. The highest BCUT2D eigenvalue weighted by Gasteiger charge is 2.17. The largest absolute Gasteiger partial charge is 0.321 e. The zero-order valence-corrected chi connectivity index (χ0v) is 16.6. The summed E-state index contributed by atoms with van der Waals surface area (Å²) < 4.78 is 26.2. The van der Waals surface area contributed by atoms with E-state index < -0.39 is 10.0 Å². The van der Waals surface area contributed by atoms with Gasteiger partial charge in [-0.1, -0.05) is 0 Å². The number of aromatic nitrogens is 4. The third kappa shape index (κ3) is 3.65. The lowest BCUT2D eigenvalue weighted by atomic mass is 10.1. The van der Waals surface area contributed by atoms with E-state index in [1.807, 2.05) is 26.8 Å².